The Labute approximate surface area is 178 Å². The van der Waals surface area contributed by atoms with Crippen LogP contribution < -0.4 is 9.64 Å². The van der Waals surface area contributed by atoms with Crippen LogP contribution in [0.2, 0.25) is 0 Å². The van der Waals surface area contributed by atoms with Crippen molar-refractivity contribution in [3.63, 3.8) is 0 Å². The molecule has 0 radical (unpaired) electrons. The van der Waals surface area contributed by atoms with Gasteiger partial charge in [-0.25, -0.2) is 0 Å². The number of piperazine rings is 1. The van der Waals surface area contributed by atoms with Gasteiger partial charge in [0, 0.05) is 32.7 Å². The SMILES string of the molecule is CC[C@@H]1Oc2ccc(C)cc2N(CC(=O)N2CCN(Cc3ccccc3)CC2)C1=O. The van der Waals surface area contributed by atoms with E-state index in [0.717, 1.165) is 25.2 Å². The van der Waals surface area contributed by atoms with Gasteiger partial charge in [0.25, 0.3) is 5.91 Å². The topological polar surface area (TPSA) is 53.1 Å². The summed E-state index contributed by atoms with van der Waals surface area (Å²) in [7, 11) is 0. The molecule has 0 aromatic heterocycles. The van der Waals surface area contributed by atoms with Crippen LogP contribution in [0.3, 0.4) is 0 Å². The number of hydrogen-bond donors (Lipinski definition) is 0. The predicted octanol–water partition coefficient (Wildman–Crippen LogP) is 2.84. The highest BCUT2D eigenvalue weighted by Gasteiger charge is 2.35. The van der Waals surface area contributed by atoms with Crippen LogP contribution in [-0.2, 0) is 16.1 Å². The lowest BCUT2D eigenvalue weighted by Crippen LogP contribution is -2.54. The third-order valence-electron chi connectivity index (χ3n) is 5.85. The van der Waals surface area contributed by atoms with Gasteiger partial charge in [-0.05, 0) is 36.6 Å². The Balaban J connectivity index is 1.40. The van der Waals surface area contributed by atoms with Crippen molar-refractivity contribution in [1.29, 1.82) is 0 Å². The predicted molar refractivity (Wildman–Crippen MR) is 117 cm³/mol. The molecule has 2 heterocycles. The van der Waals surface area contributed by atoms with Crippen molar-refractivity contribution in [2.75, 3.05) is 37.6 Å². The lowest BCUT2D eigenvalue weighted by atomic mass is 10.1. The molecule has 30 heavy (non-hydrogen) atoms. The van der Waals surface area contributed by atoms with Crippen LogP contribution in [0.15, 0.2) is 48.5 Å². The van der Waals surface area contributed by atoms with Crippen molar-refractivity contribution in [2.45, 2.75) is 32.9 Å². The fourth-order valence-corrected chi connectivity index (χ4v) is 4.09. The molecule has 0 N–H and O–H groups in total. The monoisotopic (exact) mass is 407 g/mol. The minimum atomic E-state index is -0.532. The van der Waals surface area contributed by atoms with Gasteiger partial charge >= 0.3 is 0 Å². The van der Waals surface area contributed by atoms with Crippen LogP contribution in [0.1, 0.15) is 24.5 Å². The Kier molecular flexibility index (Phi) is 6.04. The molecule has 6 nitrogen and oxygen atoms in total. The van der Waals surface area contributed by atoms with Crippen molar-refractivity contribution >= 4 is 17.5 Å². The van der Waals surface area contributed by atoms with Crippen LogP contribution in [-0.4, -0.2) is 60.4 Å². The summed E-state index contributed by atoms with van der Waals surface area (Å²) in [6.45, 7) is 7.90. The number of rotatable bonds is 5. The molecule has 4 rings (SSSR count). The zero-order valence-electron chi connectivity index (χ0n) is 17.7. The third kappa shape index (κ3) is 4.33. The lowest BCUT2D eigenvalue weighted by Gasteiger charge is -2.38. The van der Waals surface area contributed by atoms with Crippen LogP contribution >= 0.6 is 0 Å². The minimum Gasteiger partial charge on any atom is -0.478 e. The second-order valence-electron chi connectivity index (χ2n) is 8.05. The second-order valence-corrected chi connectivity index (χ2v) is 8.05. The number of carbonyl (C=O) groups is 2. The summed E-state index contributed by atoms with van der Waals surface area (Å²) in [5, 5.41) is 0. The van der Waals surface area contributed by atoms with Crippen molar-refractivity contribution in [3.05, 3.63) is 59.7 Å². The molecular formula is C24H29N3O3. The van der Waals surface area contributed by atoms with E-state index in [1.165, 1.54) is 5.56 Å². The molecule has 158 valence electrons. The first-order valence-corrected chi connectivity index (χ1v) is 10.7. The van der Waals surface area contributed by atoms with E-state index in [0.29, 0.717) is 30.9 Å². The molecule has 0 bridgehead atoms. The van der Waals surface area contributed by atoms with Crippen molar-refractivity contribution < 1.29 is 14.3 Å². The van der Waals surface area contributed by atoms with Gasteiger partial charge in [0.2, 0.25) is 5.91 Å². The Hall–Kier alpha value is -2.86. The van der Waals surface area contributed by atoms with Crippen molar-refractivity contribution in [3.8, 4) is 5.75 Å². The Morgan fingerprint density at radius 3 is 2.50 bits per heavy atom. The van der Waals surface area contributed by atoms with E-state index in [1.54, 1.807) is 4.90 Å². The number of hydrogen-bond acceptors (Lipinski definition) is 4. The average molecular weight is 408 g/mol. The molecule has 0 saturated carbocycles. The number of amides is 2. The van der Waals surface area contributed by atoms with Gasteiger partial charge in [0.1, 0.15) is 12.3 Å². The van der Waals surface area contributed by atoms with E-state index in [2.05, 4.69) is 29.2 Å². The van der Waals surface area contributed by atoms with E-state index in [4.69, 9.17) is 4.74 Å². The molecule has 2 aliphatic heterocycles. The zero-order chi connectivity index (χ0) is 21.1. The van der Waals surface area contributed by atoms with Crippen LogP contribution in [0.4, 0.5) is 5.69 Å². The summed E-state index contributed by atoms with van der Waals surface area (Å²) in [5.74, 6) is 0.533. The summed E-state index contributed by atoms with van der Waals surface area (Å²) in [6, 6.07) is 16.2. The van der Waals surface area contributed by atoms with E-state index in [9.17, 15) is 9.59 Å². The van der Waals surface area contributed by atoms with Gasteiger partial charge in [0.15, 0.2) is 6.10 Å². The normalized spacial score (nSPS) is 19.4. The van der Waals surface area contributed by atoms with Gasteiger partial charge in [0.05, 0.1) is 5.69 Å². The van der Waals surface area contributed by atoms with Crippen LogP contribution in [0.5, 0.6) is 5.75 Å². The smallest absolute Gasteiger partial charge is 0.268 e. The van der Waals surface area contributed by atoms with Crippen molar-refractivity contribution in [2.24, 2.45) is 0 Å². The molecule has 1 saturated heterocycles. The van der Waals surface area contributed by atoms with Gasteiger partial charge in [-0.2, -0.15) is 0 Å². The molecule has 6 heteroatoms. The highest BCUT2D eigenvalue weighted by atomic mass is 16.5. The van der Waals surface area contributed by atoms with Crippen LogP contribution in [0.25, 0.3) is 0 Å². The summed E-state index contributed by atoms with van der Waals surface area (Å²) < 4.78 is 5.85. The number of ether oxygens (including phenoxy) is 1. The molecule has 2 aromatic carbocycles. The number of anilines is 1. The summed E-state index contributed by atoms with van der Waals surface area (Å²) >= 11 is 0. The fraction of sp³-hybridized carbons (Fsp3) is 0.417. The Morgan fingerprint density at radius 1 is 1.07 bits per heavy atom. The van der Waals surface area contributed by atoms with E-state index < -0.39 is 6.10 Å². The lowest BCUT2D eigenvalue weighted by molar-refractivity contribution is -0.134. The molecule has 1 fully saturated rings. The highest BCUT2D eigenvalue weighted by Crippen LogP contribution is 2.35. The van der Waals surface area contributed by atoms with E-state index in [-0.39, 0.29) is 18.4 Å². The molecule has 2 aromatic rings. The summed E-state index contributed by atoms with van der Waals surface area (Å²) in [5.41, 5.74) is 3.02. The summed E-state index contributed by atoms with van der Waals surface area (Å²) in [4.78, 5) is 31.8. The third-order valence-corrected chi connectivity index (χ3v) is 5.85. The van der Waals surface area contributed by atoms with Gasteiger partial charge in [-0.1, -0.05) is 43.3 Å². The maximum Gasteiger partial charge on any atom is 0.268 e. The number of fused-ring (bicyclic) bond motifs is 1. The maximum atomic E-state index is 13.0. The molecule has 0 unspecified atom stereocenters. The van der Waals surface area contributed by atoms with Crippen molar-refractivity contribution in [1.82, 2.24) is 9.80 Å². The average Bonchev–Trinajstić information content (AvgIpc) is 2.77. The minimum absolute atomic E-state index is 0.00748. The molecule has 2 aliphatic rings. The maximum absolute atomic E-state index is 13.0. The first-order valence-electron chi connectivity index (χ1n) is 10.7. The zero-order valence-corrected chi connectivity index (χ0v) is 17.7. The van der Waals surface area contributed by atoms with Crippen LogP contribution in [0, 0.1) is 6.92 Å². The number of carbonyl (C=O) groups excluding carboxylic acids is 2. The Morgan fingerprint density at radius 2 is 1.80 bits per heavy atom. The van der Waals surface area contributed by atoms with Gasteiger partial charge in [-0.15, -0.1) is 0 Å². The quantitative estimate of drug-likeness (QED) is 0.765. The standard InChI is InChI=1S/C24H29N3O3/c1-3-21-24(29)27(20-15-18(2)9-10-22(20)30-21)17-23(28)26-13-11-25(12-14-26)16-19-7-5-4-6-8-19/h4-10,15,21H,3,11-14,16-17H2,1-2H3/t21-/m0/s1. The van der Waals surface area contributed by atoms with E-state index >= 15 is 0 Å². The molecular weight excluding hydrogens is 378 g/mol. The molecule has 1 atom stereocenters. The fourth-order valence-electron chi connectivity index (χ4n) is 4.09. The number of aryl methyl sites for hydroxylation is 1. The molecule has 0 aliphatic carbocycles. The second kappa shape index (κ2) is 8.88. The van der Waals surface area contributed by atoms with Gasteiger partial charge in [-0.3, -0.25) is 19.4 Å². The molecule has 0 spiro atoms. The van der Waals surface area contributed by atoms with Gasteiger partial charge < -0.3 is 9.64 Å². The summed E-state index contributed by atoms with van der Waals surface area (Å²) in [6.07, 6.45) is 0.0466. The number of benzene rings is 2. The number of nitrogens with zero attached hydrogens (tertiary/aromatic N) is 3. The largest absolute Gasteiger partial charge is 0.478 e. The molecule has 2 amide bonds. The highest BCUT2D eigenvalue weighted by molar-refractivity contribution is 6.03. The Bertz CT molecular complexity index is 907. The first-order chi connectivity index (χ1) is 14.5. The first kappa shape index (κ1) is 20.4. The van der Waals surface area contributed by atoms with E-state index in [1.807, 2.05) is 43.0 Å².